The zero-order valence-corrected chi connectivity index (χ0v) is 13.0. The Hall–Kier alpha value is -1.40. The maximum Gasteiger partial charge on any atom is 0.240 e. The van der Waals surface area contributed by atoms with Gasteiger partial charge in [0.05, 0.1) is 11.0 Å². The lowest BCUT2D eigenvalue weighted by Crippen LogP contribution is -2.29. The summed E-state index contributed by atoms with van der Waals surface area (Å²) < 4.78 is 26.9. The highest BCUT2D eigenvalue weighted by Crippen LogP contribution is 2.23. The fraction of sp³-hybridized carbons (Fsp3) is 0.200. The van der Waals surface area contributed by atoms with Crippen LogP contribution in [0.4, 0.5) is 0 Å². The van der Waals surface area contributed by atoms with Crippen molar-refractivity contribution < 1.29 is 13.5 Å². The molecule has 2 rings (SSSR count). The quantitative estimate of drug-likeness (QED) is 0.888. The van der Waals surface area contributed by atoms with Gasteiger partial charge in [-0.25, -0.2) is 13.1 Å². The molecule has 0 saturated heterocycles. The summed E-state index contributed by atoms with van der Waals surface area (Å²) in [4.78, 5) is 0.121. The minimum atomic E-state index is -3.71. The number of rotatable bonds is 5. The van der Waals surface area contributed by atoms with E-state index in [1.807, 2.05) is 6.07 Å². The topological polar surface area (TPSA) is 66.4 Å². The standard InChI is InChI=1S/C15H16ClNO3S/c1-11-13(16)8-5-9-15(11)21(19,20)17-10-14(18)12-6-3-2-4-7-12/h2-9,14,17-18H,10H2,1H3. The molecule has 0 saturated carbocycles. The minimum absolute atomic E-state index is 0.0989. The van der Waals surface area contributed by atoms with E-state index in [-0.39, 0.29) is 11.4 Å². The van der Waals surface area contributed by atoms with Crippen molar-refractivity contribution >= 4 is 21.6 Å². The second kappa shape index (κ2) is 6.58. The number of hydrogen-bond donors (Lipinski definition) is 2. The summed E-state index contributed by atoms with van der Waals surface area (Å²) >= 11 is 5.94. The van der Waals surface area contributed by atoms with Crippen molar-refractivity contribution in [3.8, 4) is 0 Å². The van der Waals surface area contributed by atoms with Crippen LogP contribution >= 0.6 is 11.6 Å². The average Bonchev–Trinajstić information content (AvgIpc) is 2.48. The van der Waals surface area contributed by atoms with E-state index in [4.69, 9.17) is 11.6 Å². The first-order valence-corrected chi connectivity index (χ1v) is 8.26. The molecule has 0 aromatic heterocycles. The smallest absolute Gasteiger partial charge is 0.240 e. The van der Waals surface area contributed by atoms with Crippen LogP contribution < -0.4 is 4.72 Å². The lowest BCUT2D eigenvalue weighted by atomic mass is 10.1. The average molecular weight is 326 g/mol. The highest BCUT2D eigenvalue weighted by atomic mass is 35.5. The highest BCUT2D eigenvalue weighted by molar-refractivity contribution is 7.89. The summed E-state index contributed by atoms with van der Waals surface area (Å²) in [5.41, 5.74) is 1.14. The number of benzene rings is 2. The third kappa shape index (κ3) is 3.83. The van der Waals surface area contributed by atoms with Gasteiger partial charge in [0, 0.05) is 11.6 Å². The van der Waals surface area contributed by atoms with Crippen LogP contribution in [0, 0.1) is 6.92 Å². The van der Waals surface area contributed by atoms with Crippen molar-refractivity contribution in [2.45, 2.75) is 17.9 Å². The Labute approximate surface area is 129 Å². The van der Waals surface area contributed by atoms with E-state index in [0.717, 1.165) is 0 Å². The molecule has 0 spiro atoms. The first kappa shape index (κ1) is 16.0. The molecule has 6 heteroatoms. The van der Waals surface area contributed by atoms with Crippen LogP contribution in [0.3, 0.4) is 0 Å². The molecule has 0 heterocycles. The molecule has 0 amide bonds. The van der Waals surface area contributed by atoms with Gasteiger partial charge < -0.3 is 5.11 Å². The summed E-state index contributed by atoms with van der Waals surface area (Å²) in [5, 5.41) is 10.4. The van der Waals surface area contributed by atoms with Crippen molar-refractivity contribution in [2.24, 2.45) is 0 Å². The summed E-state index contributed by atoms with van der Waals surface area (Å²) in [7, 11) is -3.71. The third-order valence-electron chi connectivity index (χ3n) is 3.16. The van der Waals surface area contributed by atoms with Crippen LogP contribution in [0.25, 0.3) is 0 Å². The largest absolute Gasteiger partial charge is 0.387 e. The highest BCUT2D eigenvalue weighted by Gasteiger charge is 2.19. The van der Waals surface area contributed by atoms with Crippen LogP contribution in [-0.2, 0) is 10.0 Å². The zero-order chi connectivity index (χ0) is 15.5. The van der Waals surface area contributed by atoms with Crippen LogP contribution in [0.1, 0.15) is 17.2 Å². The second-order valence-corrected chi connectivity index (χ2v) is 6.78. The van der Waals surface area contributed by atoms with Crippen LogP contribution in [0.15, 0.2) is 53.4 Å². The summed E-state index contributed by atoms with van der Waals surface area (Å²) in [5.74, 6) is 0. The molecule has 2 aromatic carbocycles. The van der Waals surface area contributed by atoms with Crippen molar-refractivity contribution in [1.82, 2.24) is 4.72 Å². The molecule has 1 unspecified atom stereocenters. The molecule has 0 aliphatic heterocycles. The molecule has 0 radical (unpaired) electrons. The van der Waals surface area contributed by atoms with Gasteiger partial charge in [-0.2, -0.15) is 0 Å². The van der Waals surface area contributed by atoms with Crippen molar-refractivity contribution in [3.05, 3.63) is 64.7 Å². The normalized spacial score (nSPS) is 13.1. The summed E-state index contributed by atoms with van der Waals surface area (Å²) in [6.07, 6.45) is -0.902. The lowest BCUT2D eigenvalue weighted by molar-refractivity contribution is 0.182. The molecule has 2 aromatic rings. The van der Waals surface area contributed by atoms with E-state index in [0.29, 0.717) is 16.1 Å². The van der Waals surface area contributed by atoms with Crippen molar-refractivity contribution in [1.29, 1.82) is 0 Å². The zero-order valence-electron chi connectivity index (χ0n) is 11.5. The predicted octanol–water partition coefficient (Wildman–Crippen LogP) is 2.66. The molecular weight excluding hydrogens is 310 g/mol. The summed E-state index contributed by atoms with van der Waals surface area (Å²) in [6, 6.07) is 13.6. The van der Waals surface area contributed by atoms with Gasteiger partial charge in [-0.1, -0.05) is 48.0 Å². The molecule has 21 heavy (non-hydrogen) atoms. The van der Waals surface area contributed by atoms with Gasteiger partial charge in [-0.05, 0) is 30.2 Å². The molecule has 112 valence electrons. The number of sulfonamides is 1. The molecule has 0 aliphatic rings. The van der Waals surface area contributed by atoms with Crippen LogP contribution in [-0.4, -0.2) is 20.1 Å². The fourth-order valence-electron chi connectivity index (χ4n) is 1.94. The molecule has 4 nitrogen and oxygen atoms in total. The van der Waals surface area contributed by atoms with E-state index >= 15 is 0 Å². The molecular formula is C15H16ClNO3S. The Morgan fingerprint density at radius 2 is 1.81 bits per heavy atom. The third-order valence-corrected chi connectivity index (χ3v) is 5.14. The number of halogens is 1. The molecule has 0 fully saturated rings. The van der Waals surface area contributed by atoms with Gasteiger partial charge in [-0.3, -0.25) is 0 Å². The van der Waals surface area contributed by atoms with Gasteiger partial charge in [0.1, 0.15) is 0 Å². The maximum absolute atomic E-state index is 12.3. The van der Waals surface area contributed by atoms with Crippen LogP contribution in [0.2, 0.25) is 5.02 Å². The van der Waals surface area contributed by atoms with Crippen molar-refractivity contribution in [2.75, 3.05) is 6.54 Å². The van der Waals surface area contributed by atoms with Gasteiger partial charge in [0.15, 0.2) is 0 Å². The lowest BCUT2D eigenvalue weighted by Gasteiger charge is -2.14. The second-order valence-electron chi connectivity index (χ2n) is 4.64. The Kier molecular flexibility index (Phi) is 5.00. The van der Waals surface area contributed by atoms with E-state index in [9.17, 15) is 13.5 Å². The summed E-state index contributed by atoms with van der Waals surface area (Å²) in [6.45, 7) is 1.54. The molecule has 2 N–H and O–H groups in total. The predicted molar refractivity (Wildman–Crippen MR) is 82.8 cm³/mol. The van der Waals surface area contributed by atoms with Gasteiger partial charge in [-0.15, -0.1) is 0 Å². The fourth-order valence-corrected chi connectivity index (χ4v) is 3.47. The number of nitrogens with one attached hydrogen (secondary N) is 1. The van der Waals surface area contributed by atoms with Gasteiger partial charge in [0.2, 0.25) is 10.0 Å². The Bertz CT molecular complexity index is 717. The first-order valence-electron chi connectivity index (χ1n) is 6.39. The molecule has 1 atom stereocenters. The Balaban J connectivity index is 2.14. The van der Waals surface area contributed by atoms with Gasteiger partial charge in [0.25, 0.3) is 0 Å². The van der Waals surface area contributed by atoms with E-state index < -0.39 is 16.1 Å². The molecule has 0 aliphatic carbocycles. The SMILES string of the molecule is Cc1c(Cl)cccc1S(=O)(=O)NCC(O)c1ccccc1. The van der Waals surface area contributed by atoms with Gasteiger partial charge >= 0.3 is 0 Å². The number of hydrogen-bond acceptors (Lipinski definition) is 3. The maximum atomic E-state index is 12.3. The first-order chi connectivity index (χ1) is 9.92. The van der Waals surface area contributed by atoms with Crippen LogP contribution in [0.5, 0.6) is 0 Å². The minimum Gasteiger partial charge on any atom is -0.387 e. The van der Waals surface area contributed by atoms with Crippen molar-refractivity contribution in [3.63, 3.8) is 0 Å². The van der Waals surface area contributed by atoms with E-state index in [1.165, 1.54) is 6.07 Å². The molecule has 0 bridgehead atoms. The monoisotopic (exact) mass is 325 g/mol. The van der Waals surface area contributed by atoms with E-state index in [2.05, 4.69) is 4.72 Å². The number of aliphatic hydroxyl groups is 1. The number of aliphatic hydroxyl groups excluding tert-OH is 1. The Morgan fingerprint density at radius 1 is 1.14 bits per heavy atom. The van der Waals surface area contributed by atoms with E-state index in [1.54, 1.807) is 43.3 Å². The Morgan fingerprint density at radius 3 is 2.48 bits per heavy atom.